The Morgan fingerprint density at radius 3 is 1.70 bits per heavy atom. The Morgan fingerprint density at radius 1 is 0.465 bits per heavy atom. The van der Waals surface area contributed by atoms with Crippen LogP contribution in [0.5, 0.6) is 0 Å². The van der Waals surface area contributed by atoms with Crippen molar-refractivity contribution < 1.29 is 4.79 Å². The van der Waals surface area contributed by atoms with Crippen molar-refractivity contribution in [3.05, 3.63) is 145 Å². The maximum absolute atomic E-state index is 12.9. The molecule has 0 aliphatic heterocycles. The van der Waals surface area contributed by atoms with Gasteiger partial charge in [-0.25, -0.2) is 0 Å². The first kappa shape index (κ1) is 25.9. The lowest BCUT2D eigenvalue weighted by Crippen LogP contribution is -2.18. The first-order chi connectivity index (χ1) is 21.2. The monoisotopic (exact) mass is 556 g/mol. The molecule has 0 fully saturated rings. The highest BCUT2D eigenvalue weighted by atomic mass is 16.1. The summed E-state index contributed by atoms with van der Waals surface area (Å²) in [6.07, 6.45) is 3.64. The molecule has 6 aromatic rings. The van der Waals surface area contributed by atoms with E-state index in [4.69, 9.17) is 0 Å². The Bertz CT molecular complexity index is 2130. The van der Waals surface area contributed by atoms with Gasteiger partial charge in [-0.1, -0.05) is 97.1 Å². The summed E-state index contributed by atoms with van der Waals surface area (Å²) in [5.41, 5.74) is 8.75. The van der Waals surface area contributed by atoms with E-state index < -0.39 is 0 Å². The van der Waals surface area contributed by atoms with Gasteiger partial charge in [0.2, 0.25) is 5.78 Å². The summed E-state index contributed by atoms with van der Waals surface area (Å²) < 4.78 is 0. The van der Waals surface area contributed by atoms with Crippen LogP contribution in [0.25, 0.3) is 27.6 Å². The SMILES string of the molecule is O=C1/C(=N\Nc2ccc(N=Nc3ccc(N=Nc4ccccc4)c4ccccc34)c3ccccc23)C=Cc2ccccc21. The van der Waals surface area contributed by atoms with Crippen LogP contribution in [-0.2, 0) is 0 Å². The van der Waals surface area contributed by atoms with Crippen molar-refractivity contribution in [2.24, 2.45) is 25.6 Å². The maximum atomic E-state index is 12.9. The predicted molar refractivity (Wildman–Crippen MR) is 174 cm³/mol. The van der Waals surface area contributed by atoms with Crippen molar-refractivity contribution in [3.8, 4) is 0 Å². The molecule has 1 aliphatic carbocycles. The highest BCUT2D eigenvalue weighted by Crippen LogP contribution is 2.37. The average Bonchev–Trinajstić information content (AvgIpc) is 3.07. The standard InChI is InChI=1S/C36H24N6O/c43-36-26-13-5-4-10-24(26)18-19-35(36)42-41-34-23-22-33(29-16-8-9-17-30(29)34)40-39-32-21-20-31(27-14-6-7-15-28(27)32)38-37-25-11-2-1-3-12-25/h1-23,41H/b38-37?,40-39?,42-35-. The number of anilines is 1. The Labute approximate surface area is 247 Å². The summed E-state index contributed by atoms with van der Waals surface area (Å²) in [5.74, 6) is -0.111. The van der Waals surface area contributed by atoms with Crippen molar-refractivity contribution in [3.63, 3.8) is 0 Å². The molecular weight excluding hydrogens is 532 g/mol. The lowest BCUT2D eigenvalue weighted by Gasteiger charge is -2.12. The molecule has 0 bridgehead atoms. The van der Waals surface area contributed by atoms with Gasteiger partial charge in [-0.2, -0.15) is 10.2 Å². The highest BCUT2D eigenvalue weighted by molar-refractivity contribution is 6.52. The molecule has 0 amide bonds. The molecule has 7 rings (SSSR count). The molecule has 7 heteroatoms. The molecule has 6 aromatic carbocycles. The quantitative estimate of drug-likeness (QED) is 0.163. The number of nitrogens with one attached hydrogen (secondary N) is 1. The second-order valence-corrected chi connectivity index (χ2v) is 9.92. The number of hydrogen-bond donors (Lipinski definition) is 1. The summed E-state index contributed by atoms with van der Waals surface area (Å²) in [6, 6.07) is 40.6. The summed E-state index contributed by atoms with van der Waals surface area (Å²) in [7, 11) is 0. The summed E-state index contributed by atoms with van der Waals surface area (Å²) in [5, 5.41) is 26.3. The van der Waals surface area contributed by atoms with Gasteiger partial charge >= 0.3 is 0 Å². The zero-order chi connectivity index (χ0) is 29.0. The Morgan fingerprint density at radius 2 is 1.00 bits per heavy atom. The second kappa shape index (κ2) is 11.4. The average molecular weight is 557 g/mol. The number of azo groups is 2. The number of rotatable bonds is 6. The number of hydrogen-bond acceptors (Lipinski definition) is 7. The molecule has 0 radical (unpaired) electrons. The van der Waals surface area contributed by atoms with Gasteiger partial charge in [-0.05, 0) is 48.0 Å². The minimum absolute atomic E-state index is 0.111. The number of benzene rings is 6. The number of carbonyl (C=O) groups is 1. The molecular formula is C36H24N6O. The van der Waals surface area contributed by atoms with Crippen molar-refractivity contribution in [1.29, 1.82) is 0 Å². The number of fused-ring (bicyclic) bond motifs is 3. The summed E-state index contributed by atoms with van der Waals surface area (Å²) >= 11 is 0. The van der Waals surface area contributed by atoms with Crippen LogP contribution in [0, 0.1) is 0 Å². The number of ketones is 1. The predicted octanol–water partition coefficient (Wildman–Crippen LogP) is 10.5. The zero-order valence-corrected chi connectivity index (χ0v) is 22.9. The van der Waals surface area contributed by atoms with Crippen molar-refractivity contribution in [1.82, 2.24) is 0 Å². The van der Waals surface area contributed by atoms with E-state index in [0.29, 0.717) is 17.0 Å². The highest BCUT2D eigenvalue weighted by Gasteiger charge is 2.19. The van der Waals surface area contributed by atoms with Crippen molar-refractivity contribution in [2.75, 3.05) is 5.43 Å². The van der Waals surface area contributed by atoms with Gasteiger partial charge in [-0.15, -0.1) is 15.3 Å². The minimum Gasteiger partial charge on any atom is -0.287 e. The van der Waals surface area contributed by atoms with Crippen LogP contribution in [0.2, 0.25) is 0 Å². The smallest absolute Gasteiger partial charge is 0.213 e. The van der Waals surface area contributed by atoms with Crippen LogP contribution in [0.1, 0.15) is 15.9 Å². The first-order valence-electron chi connectivity index (χ1n) is 13.8. The van der Waals surface area contributed by atoms with Crippen LogP contribution < -0.4 is 5.43 Å². The fourth-order valence-corrected chi connectivity index (χ4v) is 5.06. The molecule has 0 aromatic heterocycles. The molecule has 0 saturated heterocycles. The van der Waals surface area contributed by atoms with Crippen LogP contribution in [0.3, 0.4) is 0 Å². The first-order valence-corrected chi connectivity index (χ1v) is 13.8. The summed E-state index contributed by atoms with van der Waals surface area (Å²) in [6.45, 7) is 0. The van der Waals surface area contributed by atoms with Gasteiger partial charge in [0.15, 0.2) is 0 Å². The number of allylic oxidation sites excluding steroid dienone is 1. The Kier molecular flexibility index (Phi) is 6.87. The molecule has 7 nitrogen and oxygen atoms in total. The Hall–Kier alpha value is -6.08. The molecule has 0 heterocycles. The molecule has 1 N–H and O–H groups in total. The van der Waals surface area contributed by atoms with Crippen LogP contribution in [0.4, 0.5) is 28.4 Å². The van der Waals surface area contributed by atoms with E-state index in [0.717, 1.165) is 49.9 Å². The zero-order valence-electron chi connectivity index (χ0n) is 22.9. The molecule has 0 atom stereocenters. The second-order valence-electron chi connectivity index (χ2n) is 9.92. The van der Waals surface area contributed by atoms with E-state index in [1.165, 1.54) is 0 Å². The fourth-order valence-electron chi connectivity index (χ4n) is 5.06. The van der Waals surface area contributed by atoms with Gasteiger partial charge < -0.3 is 0 Å². The number of Topliss-reactive ketones (excluding diaryl/α,β-unsaturated/α-hetero) is 1. The van der Waals surface area contributed by atoms with Gasteiger partial charge in [0.1, 0.15) is 5.71 Å². The van der Waals surface area contributed by atoms with Gasteiger partial charge in [0, 0.05) is 27.1 Å². The molecule has 0 spiro atoms. The Balaban J connectivity index is 1.18. The van der Waals surface area contributed by atoms with Crippen molar-refractivity contribution in [2.45, 2.75) is 0 Å². The largest absolute Gasteiger partial charge is 0.287 e. The van der Waals surface area contributed by atoms with E-state index >= 15 is 0 Å². The third-order valence-corrected chi connectivity index (χ3v) is 7.23. The van der Waals surface area contributed by atoms with Crippen LogP contribution >= 0.6 is 0 Å². The van der Waals surface area contributed by atoms with Gasteiger partial charge in [0.05, 0.1) is 28.4 Å². The van der Waals surface area contributed by atoms with E-state index in [1.807, 2.05) is 133 Å². The molecule has 204 valence electrons. The van der Waals surface area contributed by atoms with Crippen LogP contribution in [0.15, 0.2) is 159 Å². The lowest BCUT2D eigenvalue weighted by atomic mass is 9.95. The number of nitrogens with zero attached hydrogens (tertiary/aromatic N) is 5. The van der Waals surface area contributed by atoms with E-state index in [1.54, 1.807) is 6.08 Å². The normalized spacial score (nSPS) is 13.9. The van der Waals surface area contributed by atoms with E-state index in [-0.39, 0.29) is 5.78 Å². The topological polar surface area (TPSA) is 90.9 Å². The van der Waals surface area contributed by atoms with Crippen molar-refractivity contribution >= 4 is 67.6 Å². The number of hydrazone groups is 1. The van der Waals surface area contributed by atoms with Crippen LogP contribution in [-0.4, -0.2) is 11.5 Å². The van der Waals surface area contributed by atoms with E-state index in [2.05, 4.69) is 31.0 Å². The van der Waals surface area contributed by atoms with Gasteiger partial charge in [0.25, 0.3) is 0 Å². The lowest BCUT2D eigenvalue weighted by molar-refractivity contribution is 0.106. The molecule has 43 heavy (non-hydrogen) atoms. The molecule has 1 aliphatic rings. The van der Waals surface area contributed by atoms with Gasteiger partial charge in [-0.3, -0.25) is 10.2 Å². The fraction of sp³-hybridized carbons (Fsp3) is 0. The van der Waals surface area contributed by atoms with E-state index in [9.17, 15) is 4.79 Å². The molecule has 0 unspecified atom stereocenters. The number of carbonyl (C=O) groups excluding carboxylic acids is 1. The maximum Gasteiger partial charge on any atom is 0.213 e. The third kappa shape index (κ3) is 5.23. The molecule has 0 saturated carbocycles. The summed E-state index contributed by atoms with van der Waals surface area (Å²) in [4.78, 5) is 12.9. The third-order valence-electron chi connectivity index (χ3n) is 7.23. The minimum atomic E-state index is -0.111.